The van der Waals surface area contributed by atoms with Crippen molar-refractivity contribution in [3.05, 3.63) is 72.8 Å². The number of amides is 1. The van der Waals surface area contributed by atoms with Gasteiger partial charge in [-0.05, 0) is 48.5 Å². The molecule has 0 bridgehead atoms. The normalized spacial score (nSPS) is 10.8. The molecule has 0 saturated heterocycles. The molecule has 0 heterocycles. The number of hydrogen-bond acceptors (Lipinski definition) is 6. The van der Waals surface area contributed by atoms with Crippen LogP contribution in [0.2, 0.25) is 0 Å². The first kappa shape index (κ1) is 23.0. The van der Waals surface area contributed by atoms with Crippen LogP contribution in [0, 0.1) is 0 Å². The van der Waals surface area contributed by atoms with Gasteiger partial charge in [0.1, 0.15) is 18.0 Å². The monoisotopic (exact) mass is 456 g/mol. The molecule has 0 atom stereocenters. The zero-order valence-electron chi connectivity index (χ0n) is 17.9. The van der Waals surface area contributed by atoms with Crippen molar-refractivity contribution < 1.29 is 27.4 Å². The molecule has 32 heavy (non-hydrogen) atoms. The summed E-state index contributed by atoms with van der Waals surface area (Å²) in [7, 11) is -0.805. The lowest BCUT2D eigenvalue weighted by molar-refractivity contribution is -0.114. The number of carbonyl (C=O) groups is 1. The number of anilines is 2. The van der Waals surface area contributed by atoms with Crippen LogP contribution in [0.3, 0.4) is 0 Å². The number of ether oxygens (including phenoxy) is 3. The largest absolute Gasteiger partial charge is 0.493 e. The van der Waals surface area contributed by atoms with E-state index in [2.05, 4.69) is 5.32 Å². The first-order valence-electron chi connectivity index (χ1n) is 9.62. The molecule has 8 nitrogen and oxygen atoms in total. The number of nitrogens with one attached hydrogen (secondary N) is 1. The molecule has 3 aromatic carbocycles. The Hall–Kier alpha value is -3.72. The van der Waals surface area contributed by atoms with E-state index >= 15 is 0 Å². The Labute approximate surface area is 187 Å². The van der Waals surface area contributed by atoms with Crippen LogP contribution in [-0.4, -0.2) is 41.3 Å². The summed E-state index contributed by atoms with van der Waals surface area (Å²) in [4.78, 5) is 12.6. The number of benzene rings is 3. The third kappa shape index (κ3) is 5.92. The molecule has 0 aliphatic carbocycles. The Morgan fingerprint density at radius 3 is 2.09 bits per heavy atom. The quantitative estimate of drug-likeness (QED) is 0.525. The molecule has 0 radical (unpaired) electrons. The van der Waals surface area contributed by atoms with Crippen LogP contribution in [0.1, 0.15) is 0 Å². The van der Waals surface area contributed by atoms with Crippen LogP contribution in [0.25, 0.3) is 0 Å². The molecule has 0 spiro atoms. The lowest BCUT2D eigenvalue weighted by atomic mass is 10.2. The van der Waals surface area contributed by atoms with Gasteiger partial charge in [-0.2, -0.15) is 0 Å². The fourth-order valence-electron chi connectivity index (χ4n) is 2.94. The van der Waals surface area contributed by atoms with Crippen LogP contribution in [0.4, 0.5) is 11.4 Å². The van der Waals surface area contributed by atoms with Gasteiger partial charge in [0.05, 0.1) is 26.2 Å². The van der Waals surface area contributed by atoms with E-state index in [-0.39, 0.29) is 5.69 Å². The number of hydrogen-bond donors (Lipinski definition) is 1. The maximum Gasteiger partial charge on any atom is 0.245 e. The Bertz CT molecular complexity index is 1160. The smallest absolute Gasteiger partial charge is 0.245 e. The van der Waals surface area contributed by atoms with E-state index in [1.165, 1.54) is 20.3 Å². The Morgan fingerprint density at radius 1 is 0.875 bits per heavy atom. The zero-order chi connectivity index (χ0) is 23.1. The Kier molecular flexibility index (Phi) is 7.21. The van der Waals surface area contributed by atoms with E-state index in [4.69, 9.17) is 14.2 Å². The molecule has 0 aromatic heterocycles. The fourth-order valence-corrected chi connectivity index (χ4v) is 3.79. The predicted molar refractivity (Wildman–Crippen MR) is 123 cm³/mol. The van der Waals surface area contributed by atoms with E-state index in [0.717, 1.165) is 10.6 Å². The summed E-state index contributed by atoms with van der Waals surface area (Å²) in [5, 5.41) is 2.70. The lowest BCUT2D eigenvalue weighted by Crippen LogP contribution is -2.37. The summed E-state index contributed by atoms with van der Waals surface area (Å²) in [6.07, 6.45) is 1.03. The SMILES string of the molecule is COc1ccc(N(CC(=O)Nc2ccc(Oc3ccccc3)cc2)S(C)(=O)=O)cc1OC. The highest BCUT2D eigenvalue weighted by atomic mass is 32.2. The molecule has 1 N–H and O–H groups in total. The number of para-hydroxylation sites is 1. The van der Waals surface area contributed by atoms with Crippen LogP contribution >= 0.6 is 0 Å². The molecule has 0 unspecified atom stereocenters. The summed E-state index contributed by atoms with van der Waals surface area (Å²) < 4.78 is 41.8. The van der Waals surface area contributed by atoms with Gasteiger partial charge < -0.3 is 19.5 Å². The molecule has 0 aliphatic rings. The van der Waals surface area contributed by atoms with Gasteiger partial charge in [-0.3, -0.25) is 9.10 Å². The summed E-state index contributed by atoms with van der Waals surface area (Å²) in [5.41, 5.74) is 0.795. The number of nitrogens with zero attached hydrogens (tertiary/aromatic N) is 1. The molecular formula is C23H24N2O6S. The maximum atomic E-state index is 12.6. The molecule has 0 fully saturated rings. The summed E-state index contributed by atoms with van der Waals surface area (Å²) in [5.74, 6) is 1.61. The lowest BCUT2D eigenvalue weighted by Gasteiger charge is -2.23. The minimum atomic E-state index is -3.74. The third-order valence-electron chi connectivity index (χ3n) is 4.46. The average molecular weight is 457 g/mol. The number of methoxy groups -OCH3 is 2. The minimum Gasteiger partial charge on any atom is -0.493 e. The molecule has 3 rings (SSSR count). The highest BCUT2D eigenvalue weighted by Crippen LogP contribution is 2.32. The Morgan fingerprint density at radius 2 is 1.50 bits per heavy atom. The Balaban J connectivity index is 1.71. The molecular weight excluding hydrogens is 432 g/mol. The standard InChI is InChI=1S/C23H24N2O6S/c1-29-21-14-11-18(15-22(21)30-2)25(32(3,27)28)16-23(26)24-17-9-12-20(13-10-17)31-19-7-5-4-6-8-19/h4-15H,16H2,1-3H3,(H,24,26). The van der Waals surface area contributed by atoms with Crippen molar-refractivity contribution in [1.29, 1.82) is 0 Å². The summed E-state index contributed by atoms with van der Waals surface area (Å²) in [6.45, 7) is -0.406. The third-order valence-corrected chi connectivity index (χ3v) is 5.60. The summed E-state index contributed by atoms with van der Waals surface area (Å²) >= 11 is 0. The molecule has 168 valence electrons. The minimum absolute atomic E-state index is 0.284. The van der Waals surface area contributed by atoms with Gasteiger partial charge in [0.2, 0.25) is 15.9 Å². The van der Waals surface area contributed by atoms with Crippen molar-refractivity contribution >= 4 is 27.3 Å². The van der Waals surface area contributed by atoms with Crippen LogP contribution in [-0.2, 0) is 14.8 Å². The van der Waals surface area contributed by atoms with E-state index in [1.807, 2.05) is 30.3 Å². The molecule has 9 heteroatoms. The van der Waals surface area contributed by atoms with Gasteiger partial charge in [-0.25, -0.2) is 8.42 Å². The molecule has 3 aromatic rings. The van der Waals surface area contributed by atoms with Crippen LogP contribution in [0.5, 0.6) is 23.0 Å². The van der Waals surface area contributed by atoms with Crippen molar-refractivity contribution in [1.82, 2.24) is 0 Å². The number of carbonyl (C=O) groups excluding carboxylic acids is 1. The van der Waals surface area contributed by atoms with Crippen molar-refractivity contribution in [3.63, 3.8) is 0 Å². The fraction of sp³-hybridized carbons (Fsp3) is 0.174. The first-order chi connectivity index (χ1) is 15.3. The second-order valence-electron chi connectivity index (χ2n) is 6.80. The maximum absolute atomic E-state index is 12.6. The van der Waals surface area contributed by atoms with E-state index in [1.54, 1.807) is 36.4 Å². The molecule has 0 saturated carbocycles. The predicted octanol–water partition coefficient (Wildman–Crippen LogP) is 3.90. The van der Waals surface area contributed by atoms with Gasteiger partial charge in [0.25, 0.3) is 0 Å². The summed E-state index contributed by atoms with van der Waals surface area (Å²) in [6, 6.07) is 20.7. The van der Waals surface area contributed by atoms with Crippen molar-refractivity contribution in [2.45, 2.75) is 0 Å². The number of sulfonamides is 1. The average Bonchev–Trinajstić information content (AvgIpc) is 2.78. The van der Waals surface area contributed by atoms with Crippen LogP contribution < -0.4 is 23.8 Å². The first-order valence-corrected chi connectivity index (χ1v) is 11.5. The van der Waals surface area contributed by atoms with E-state index < -0.39 is 22.5 Å². The van der Waals surface area contributed by atoms with Crippen molar-refractivity contribution in [2.24, 2.45) is 0 Å². The van der Waals surface area contributed by atoms with E-state index in [0.29, 0.717) is 28.7 Å². The topological polar surface area (TPSA) is 94.2 Å². The van der Waals surface area contributed by atoms with Crippen molar-refractivity contribution in [3.8, 4) is 23.0 Å². The van der Waals surface area contributed by atoms with E-state index in [9.17, 15) is 13.2 Å². The highest BCUT2D eigenvalue weighted by Gasteiger charge is 2.22. The molecule has 1 amide bonds. The zero-order valence-corrected chi connectivity index (χ0v) is 18.8. The second kappa shape index (κ2) is 10.1. The highest BCUT2D eigenvalue weighted by molar-refractivity contribution is 7.92. The van der Waals surface area contributed by atoms with Gasteiger partial charge in [0, 0.05) is 11.8 Å². The van der Waals surface area contributed by atoms with Crippen molar-refractivity contribution in [2.75, 3.05) is 36.6 Å². The molecule has 0 aliphatic heterocycles. The van der Waals surface area contributed by atoms with Gasteiger partial charge >= 0.3 is 0 Å². The van der Waals surface area contributed by atoms with Crippen LogP contribution in [0.15, 0.2) is 72.8 Å². The van der Waals surface area contributed by atoms with Gasteiger partial charge in [0.15, 0.2) is 11.5 Å². The second-order valence-corrected chi connectivity index (χ2v) is 8.70. The van der Waals surface area contributed by atoms with Gasteiger partial charge in [-0.1, -0.05) is 18.2 Å². The number of rotatable bonds is 9. The van der Waals surface area contributed by atoms with Gasteiger partial charge in [-0.15, -0.1) is 0 Å².